The summed E-state index contributed by atoms with van der Waals surface area (Å²) in [5.74, 6) is -1.21. The van der Waals surface area contributed by atoms with Gasteiger partial charge in [0, 0.05) is 31.7 Å². The first-order valence-corrected chi connectivity index (χ1v) is 10.6. The molecule has 0 aromatic heterocycles. The summed E-state index contributed by atoms with van der Waals surface area (Å²) < 4.78 is 26.7. The van der Waals surface area contributed by atoms with Gasteiger partial charge >= 0.3 is 5.97 Å². The van der Waals surface area contributed by atoms with Gasteiger partial charge in [-0.1, -0.05) is 13.0 Å². The summed E-state index contributed by atoms with van der Waals surface area (Å²) in [5.41, 5.74) is 0.417. The molecular formula is C18H27N3O5S. The molecule has 0 bridgehead atoms. The van der Waals surface area contributed by atoms with Gasteiger partial charge < -0.3 is 10.4 Å². The van der Waals surface area contributed by atoms with E-state index in [9.17, 15) is 18.0 Å². The zero-order valence-electron chi connectivity index (χ0n) is 15.6. The number of carboxylic acids is 1. The van der Waals surface area contributed by atoms with Crippen LogP contribution in [-0.4, -0.2) is 67.3 Å². The molecule has 0 saturated carbocycles. The van der Waals surface area contributed by atoms with Crippen molar-refractivity contribution in [1.29, 1.82) is 0 Å². The Morgan fingerprint density at radius 2 is 1.93 bits per heavy atom. The van der Waals surface area contributed by atoms with Gasteiger partial charge in [-0.3, -0.25) is 14.5 Å². The third-order valence-electron chi connectivity index (χ3n) is 4.37. The van der Waals surface area contributed by atoms with Crippen LogP contribution < -0.4 is 5.32 Å². The maximum absolute atomic E-state index is 12.6. The molecular weight excluding hydrogens is 370 g/mol. The molecule has 1 aliphatic heterocycles. The highest BCUT2D eigenvalue weighted by Crippen LogP contribution is 2.23. The van der Waals surface area contributed by atoms with Gasteiger partial charge in [0.15, 0.2) is 0 Å². The Bertz CT molecular complexity index is 760. The van der Waals surface area contributed by atoms with Gasteiger partial charge in [-0.15, -0.1) is 0 Å². The summed E-state index contributed by atoms with van der Waals surface area (Å²) >= 11 is 0. The molecule has 1 amide bonds. The second kappa shape index (κ2) is 9.82. The van der Waals surface area contributed by atoms with Gasteiger partial charge in [0.05, 0.1) is 11.4 Å². The number of nitrogens with one attached hydrogen (secondary N) is 1. The van der Waals surface area contributed by atoms with E-state index in [1.165, 1.54) is 16.4 Å². The minimum Gasteiger partial charge on any atom is -0.480 e. The van der Waals surface area contributed by atoms with Crippen LogP contribution in [0.3, 0.4) is 0 Å². The molecule has 0 aliphatic carbocycles. The minimum absolute atomic E-state index is 0.106. The summed E-state index contributed by atoms with van der Waals surface area (Å²) in [6.07, 6.45) is 2.65. The van der Waals surface area contributed by atoms with Gasteiger partial charge in [0.2, 0.25) is 15.9 Å². The van der Waals surface area contributed by atoms with Crippen molar-refractivity contribution in [2.24, 2.45) is 0 Å². The maximum atomic E-state index is 12.6. The SMILES string of the molecule is CCCN(CCC(=O)Nc1cccc(S(=O)(=O)N2CCCC2)c1)CC(=O)O. The van der Waals surface area contributed by atoms with Crippen LogP contribution in [0.1, 0.15) is 32.6 Å². The van der Waals surface area contributed by atoms with Crippen LogP contribution in [0, 0.1) is 0 Å². The van der Waals surface area contributed by atoms with Crippen LogP contribution in [-0.2, 0) is 19.6 Å². The van der Waals surface area contributed by atoms with Crippen molar-refractivity contribution in [3.05, 3.63) is 24.3 Å². The number of anilines is 1. The Labute approximate surface area is 160 Å². The highest BCUT2D eigenvalue weighted by Gasteiger charge is 2.27. The molecule has 1 heterocycles. The molecule has 1 aromatic rings. The van der Waals surface area contributed by atoms with E-state index in [1.54, 1.807) is 17.0 Å². The predicted molar refractivity (Wildman–Crippen MR) is 102 cm³/mol. The molecule has 2 N–H and O–H groups in total. The number of benzene rings is 1. The first-order chi connectivity index (χ1) is 12.8. The Morgan fingerprint density at radius 3 is 2.56 bits per heavy atom. The number of amides is 1. The molecule has 0 atom stereocenters. The number of carbonyl (C=O) groups excluding carboxylic acids is 1. The molecule has 1 fully saturated rings. The van der Waals surface area contributed by atoms with Gasteiger partial charge in [0.25, 0.3) is 0 Å². The van der Waals surface area contributed by atoms with Crippen LogP contribution in [0.2, 0.25) is 0 Å². The summed E-state index contributed by atoms with van der Waals surface area (Å²) in [6.45, 7) is 3.82. The number of carboxylic acid groups (broad SMARTS) is 1. The summed E-state index contributed by atoms with van der Waals surface area (Å²) in [5, 5.41) is 11.6. The standard InChI is InChI=1S/C18H27N3O5S/c1-2-9-20(14-18(23)24)12-8-17(22)19-15-6-5-7-16(13-15)27(25,26)21-10-3-4-11-21/h5-7,13H,2-4,8-12,14H2,1H3,(H,19,22)(H,23,24). The maximum Gasteiger partial charge on any atom is 0.317 e. The molecule has 2 rings (SSSR count). The molecule has 0 radical (unpaired) electrons. The van der Waals surface area contributed by atoms with Gasteiger partial charge in [-0.05, 0) is 44.0 Å². The number of nitrogens with zero attached hydrogens (tertiary/aromatic N) is 2. The molecule has 27 heavy (non-hydrogen) atoms. The predicted octanol–water partition coefficient (Wildman–Crippen LogP) is 1.60. The first kappa shape index (κ1) is 21.3. The fourth-order valence-corrected chi connectivity index (χ4v) is 4.64. The Hall–Kier alpha value is -1.97. The van der Waals surface area contributed by atoms with Crippen molar-refractivity contribution < 1.29 is 23.1 Å². The lowest BCUT2D eigenvalue weighted by atomic mass is 10.3. The van der Waals surface area contributed by atoms with Crippen LogP contribution >= 0.6 is 0 Å². The third-order valence-corrected chi connectivity index (χ3v) is 6.27. The monoisotopic (exact) mass is 397 g/mol. The average molecular weight is 397 g/mol. The summed E-state index contributed by atoms with van der Waals surface area (Å²) in [7, 11) is -3.54. The van der Waals surface area contributed by atoms with Crippen molar-refractivity contribution >= 4 is 27.6 Å². The van der Waals surface area contributed by atoms with Crippen LogP contribution in [0.15, 0.2) is 29.2 Å². The highest BCUT2D eigenvalue weighted by atomic mass is 32.2. The van der Waals surface area contributed by atoms with E-state index in [4.69, 9.17) is 5.11 Å². The fourth-order valence-electron chi connectivity index (χ4n) is 3.07. The highest BCUT2D eigenvalue weighted by molar-refractivity contribution is 7.89. The second-order valence-electron chi connectivity index (χ2n) is 6.61. The summed E-state index contributed by atoms with van der Waals surface area (Å²) in [4.78, 5) is 24.9. The zero-order chi connectivity index (χ0) is 19.9. The smallest absolute Gasteiger partial charge is 0.317 e. The van der Waals surface area contributed by atoms with Gasteiger partial charge in [0.1, 0.15) is 0 Å². The number of aliphatic carboxylic acids is 1. The van der Waals surface area contributed by atoms with Crippen LogP contribution in [0.5, 0.6) is 0 Å². The largest absolute Gasteiger partial charge is 0.480 e. The quantitative estimate of drug-likeness (QED) is 0.621. The molecule has 8 nitrogen and oxygen atoms in total. The van der Waals surface area contributed by atoms with E-state index in [-0.39, 0.29) is 23.8 Å². The molecule has 1 aromatic carbocycles. The van der Waals surface area contributed by atoms with Gasteiger partial charge in [-0.2, -0.15) is 4.31 Å². The zero-order valence-corrected chi connectivity index (χ0v) is 16.4. The van der Waals surface area contributed by atoms with E-state index < -0.39 is 16.0 Å². The van der Waals surface area contributed by atoms with Crippen molar-refractivity contribution in [2.75, 3.05) is 38.0 Å². The molecule has 9 heteroatoms. The summed E-state index contributed by atoms with van der Waals surface area (Å²) in [6, 6.07) is 6.24. The minimum atomic E-state index is -3.54. The van der Waals surface area contributed by atoms with E-state index in [2.05, 4.69) is 5.32 Å². The van der Waals surface area contributed by atoms with E-state index in [0.29, 0.717) is 31.9 Å². The lowest BCUT2D eigenvalue weighted by molar-refractivity contribution is -0.138. The molecule has 1 saturated heterocycles. The molecule has 1 aliphatic rings. The molecule has 0 spiro atoms. The molecule has 150 valence electrons. The number of rotatable bonds is 10. The van der Waals surface area contributed by atoms with Crippen molar-refractivity contribution in [3.8, 4) is 0 Å². The van der Waals surface area contributed by atoms with Crippen LogP contribution in [0.4, 0.5) is 5.69 Å². The number of hydrogen-bond donors (Lipinski definition) is 2. The number of sulfonamides is 1. The Morgan fingerprint density at radius 1 is 1.22 bits per heavy atom. The first-order valence-electron chi connectivity index (χ1n) is 9.17. The Balaban J connectivity index is 1.97. The van der Waals surface area contributed by atoms with Crippen molar-refractivity contribution in [3.63, 3.8) is 0 Å². The number of carbonyl (C=O) groups is 2. The van der Waals surface area contributed by atoms with Crippen molar-refractivity contribution in [2.45, 2.75) is 37.5 Å². The lowest BCUT2D eigenvalue weighted by Crippen LogP contribution is -2.33. The average Bonchev–Trinajstić information content (AvgIpc) is 3.15. The normalized spacial score (nSPS) is 15.2. The third kappa shape index (κ3) is 6.30. The van der Waals surface area contributed by atoms with Gasteiger partial charge in [-0.25, -0.2) is 8.42 Å². The Kier molecular flexibility index (Phi) is 7.76. The number of hydrogen-bond acceptors (Lipinski definition) is 5. The molecule has 0 unspecified atom stereocenters. The van der Waals surface area contributed by atoms with E-state index in [0.717, 1.165) is 19.3 Å². The van der Waals surface area contributed by atoms with E-state index in [1.807, 2.05) is 6.92 Å². The second-order valence-corrected chi connectivity index (χ2v) is 8.55. The fraction of sp³-hybridized carbons (Fsp3) is 0.556. The van der Waals surface area contributed by atoms with E-state index >= 15 is 0 Å². The lowest BCUT2D eigenvalue weighted by Gasteiger charge is -2.19. The van der Waals surface area contributed by atoms with Crippen molar-refractivity contribution in [1.82, 2.24) is 9.21 Å². The topological polar surface area (TPSA) is 107 Å². The van der Waals surface area contributed by atoms with Crippen LogP contribution in [0.25, 0.3) is 0 Å².